The normalized spacial score (nSPS) is 29.6. The van der Waals surface area contributed by atoms with E-state index in [0.717, 1.165) is 5.56 Å². The van der Waals surface area contributed by atoms with Crippen molar-refractivity contribution in [3.05, 3.63) is 35.4 Å². The molecule has 0 amide bonds. The van der Waals surface area contributed by atoms with Gasteiger partial charge in [0.1, 0.15) is 0 Å². The fourth-order valence-corrected chi connectivity index (χ4v) is 2.43. The van der Waals surface area contributed by atoms with Crippen LogP contribution in [0.1, 0.15) is 37.8 Å². The predicted molar refractivity (Wildman–Crippen MR) is 68.9 cm³/mol. The van der Waals surface area contributed by atoms with E-state index in [2.05, 4.69) is 32.9 Å². The highest BCUT2D eigenvalue weighted by Gasteiger charge is 2.37. The van der Waals surface area contributed by atoms with Crippen molar-refractivity contribution in [2.75, 3.05) is 6.61 Å². The summed E-state index contributed by atoms with van der Waals surface area (Å²) in [5.74, 6) is 0.451. The van der Waals surface area contributed by atoms with Crippen LogP contribution in [0.4, 0.5) is 0 Å². The van der Waals surface area contributed by atoms with E-state index in [-0.39, 0.29) is 6.10 Å². The van der Waals surface area contributed by atoms with E-state index in [9.17, 15) is 5.11 Å². The Bertz CT molecular complexity index is 369. The Morgan fingerprint density at radius 2 is 1.94 bits per heavy atom. The summed E-state index contributed by atoms with van der Waals surface area (Å²) in [7, 11) is 0. The van der Waals surface area contributed by atoms with Crippen LogP contribution < -0.4 is 0 Å². The zero-order chi connectivity index (χ0) is 12.5. The van der Waals surface area contributed by atoms with Crippen LogP contribution in [0.2, 0.25) is 0 Å². The molecule has 1 aliphatic rings. The van der Waals surface area contributed by atoms with Crippen molar-refractivity contribution in [2.45, 2.75) is 45.3 Å². The minimum atomic E-state index is -0.707. The van der Waals surface area contributed by atoms with Gasteiger partial charge in [-0.1, -0.05) is 43.7 Å². The van der Waals surface area contributed by atoms with E-state index in [4.69, 9.17) is 4.74 Å². The van der Waals surface area contributed by atoms with Crippen LogP contribution in [0.3, 0.4) is 0 Å². The lowest BCUT2D eigenvalue weighted by Gasteiger charge is -2.39. The molecule has 1 aliphatic heterocycles. The maximum atomic E-state index is 10.8. The Labute approximate surface area is 104 Å². The molecule has 94 valence electrons. The topological polar surface area (TPSA) is 29.5 Å². The van der Waals surface area contributed by atoms with Crippen molar-refractivity contribution in [2.24, 2.45) is 5.92 Å². The van der Waals surface area contributed by atoms with Gasteiger partial charge in [0.15, 0.2) is 0 Å². The van der Waals surface area contributed by atoms with E-state index < -0.39 is 5.60 Å². The number of hydrogen-bond acceptors (Lipinski definition) is 2. The molecule has 17 heavy (non-hydrogen) atoms. The van der Waals surface area contributed by atoms with E-state index in [1.807, 2.05) is 12.1 Å². The average molecular weight is 234 g/mol. The van der Waals surface area contributed by atoms with Crippen LogP contribution in [-0.2, 0) is 10.3 Å². The van der Waals surface area contributed by atoms with Crippen molar-refractivity contribution in [3.8, 4) is 0 Å². The largest absolute Gasteiger partial charge is 0.385 e. The molecule has 0 aliphatic carbocycles. The van der Waals surface area contributed by atoms with E-state index >= 15 is 0 Å². The molecule has 1 saturated heterocycles. The smallest absolute Gasteiger partial charge is 0.0943 e. The molecule has 0 bridgehead atoms. The summed E-state index contributed by atoms with van der Waals surface area (Å²) in [6, 6.07) is 8.20. The Hall–Kier alpha value is -0.860. The number of aliphatic hydroxyl groups is 1. The molecule has 1 heterocycles. The molecule has 0 spiro atoms. The predicted octanol–water partition coefficient (Wildman–Crippen LogP) is 3.02. The molecule has 1 N–H and O–H groups in total. The van der Waals surface area contributed by atoms with E-state index in [1.54, 1.807) is 0 Å². The van der Waals surface area contributed by atoms with Crippen molar-refractivity contribution in [1.29, 1.82) is 0 Å². The molecule has 2 heteroatoms. The SMILES string of the molecule is Cc1ccc(C2(O)CCOC(C(C)C)C2)cc1. The van der Waals surface area contributed by atoms with Crippen molar-refractivity contribution < 1.29 is 9.84 Å². The molecule has 0 saturated carbocycles. The summed E-state index contributed by atoms with van der Waals surface area (Å²) >= 11 is 0. The van der Waals surface area contributed by atoms with Gasteiger partial charge in [0, 0.05) is 12.8 Å². The monoisotopic (exact) mass is 234 g/mol. The quantitative estimate of drug-likeness (QED) is 0.852. The third kappa shape index (κ3) is 2.70. The minimum Gasteiger partial charge on any atom is -0.385 e. The number of benzene rings is 1. The van der Waals surface area contributed by atoms with E-state index in [1.165, 1.54) is 5.56 Å². The number of aryl methyl sites for hydroxylation is 1. The van der Waals surface area contributed by atoms with Gasteiger partial charge in [-0.2, -0.15) is 0 Å². The van der Waals surface area contributed by atoms with Crippen molar-refractivity contribution >= 4 is 0 Å². The highest BCUT2D eigenvalue weighted by molar-refractivity contribution is 5.27. The summed E-state index contributed by atoms with van der Waals surface area (Å²) in [4.78, 5) is 0. The summed E-state index contributed by atoms with van der Waals surface area (Å²) in [6.07, 6.45) is 1.56. The van der Waals surface area contributed by atoms with Gasteiger partial charge >= 0.3 is 0 Å². The standard InChI is InChI=1S/C15H22O2/c1-11(2)14-10-15(16,8-9-17-14)13-6-4-12(3)5-7-13/h4-7,11,14,16H,8-10H2,1-3H3. The molecular formula is C15H22O2. The van der Waals surface area contributed by atoms with Crippen LogP contribution in [0.15, 0.2) is 24.3 Å². The Morgan fingerprint density at radius 1 is 1.29 bits per heavy atom. The minimum absolute atomic E-state index is 0.162. The molecule has 1 fully saturated rings. The zero-order valence-electron chi connectivity index (χ0n) is 10.9. The summed E-state index contributed by atoms with van der Waals surface area (Å²) in [5, 5.41) is 10.8. The molecule has 2 nitrogen and oxygen atoms in total. The lowest BCUT2D eigenvalue weighted by molar-refractivity contribution is -0.121. The van der Waals surface area contributed by atoms with Gasteiger partial charge in [-0.25, -0.2) is 0 Å². The maximum Gasteiger partial charge on any atom is 0.0943 e. The molecule has 2 rings (SSSR count). The van der Waals surface area contributed by atoms with Crippen LogP contribution in [0.5, 0.6) is 0 Å². The maximum absolute atomic E-state index is 10.8. The van der Waals surface area contributed by atoms with Gasteiger partial charge in [-0.15, -0.1) is 0 Å². The molecular weight excluding hydrogens is 212 g/mol. The van der Waals surface area contributed by atoms with Crippen LogP contribution in [0.25, 0.3) is 0 Å². The molecule has 2 atom stereocenters. The third-order valence-corrected chi connectivity index (χ3v) is 3.72. The summed E-state index contributed by atoms with van der Waals surface area (Å²) in [6.45, 7) is 7.00. The average Bonchev–Trinajstić information content (AvgIpc) is 2.29. The fraction of sp³-hybridized carbons (Fsp3) is 0.600. The third-order valence-electron chi connectivity index (χ3n) is 3.72. The number of rotatable bonds is 2. The van der Waals surface area contributed by atoms with Crippen LogP contribution in [0, 0.1) is 12.8 Å². The van der Waals surface area contributed by atoms with Gasteiger partial charge < -0.3 is 9.84 Å². The lowest BCUT2D eigenvalue weighted by Crippen LogP contribution is -2.40. The first kappa shape index (κ1) is 12.6. The van der Waals surface area contributed by atoms with Gasteiger partial charge in [0.25, 0.3) is 0 Å². The van der Waals surface area contributed by atoms with Gasteiger partial charge in [0.05, 0.1) is 18.3 Å². The molecule has 1 aromatic carbocycles. The summed E-state index contributed by atoms with van der Waals surface area (Å²) < 4.78 is 5.72. The first-order valence-electron chi connectivity index (χ1n) is 6.42. The van der Waals surface area contributed by atoms with Crippen molar-refractivity contribution in [1.82, 2.24) is 0 Å². The summed E-state index contributed by atoms with van der Waals surface area (Å²) in [5.41, 5.74) is 1.54. The Balaban J connectivity index is 2.20. The first-order valence-corrected chi connectivity index (χ1v) is 6.42. The number of ether oxygens (including phenoxy) is 1. The van der Waals surface area contributed by atoms with Crippen molar-refractivity contribution in [3.63, 3.8) is 0 Å². The zero-order valence-corrected chi connectivity index (χ0v) is 10.9. The fourth-order valence-electron chi connectivity index (χ4n) is 2.43. The Kier molecular flexibility index (Phi) is 3.55. The second-order valence-electron chi connectivity index (χ2n) is 5.50. The van der Waals surface area contributed by atoms with Gasteiger partial charge in [-0.3, -0.25) is 0 Å². The lowest BCUT2D eigenvalue weighted by atomic mass is 9.81. The Morgan fingerprint density at radius 3 is 2.53 bits per heavy atom. The molecule has 0 aromatic heterocycles. The van der Waals surface area contributed by atoms with Gasteiger partial charge in [-0.05, 0) is 18.4 Å². The van der Waals surface area contributed by atoms with Crippen LogP contribution in [-0.4, -0.2) is 17.8 Å². The van der Waals surface area contributed by atoms with Crippen LogP contribution >= 0.6 is 0 Å². The number of hydrogen-bond donors (Lipinski definition) is 1. The highest BCUT2D eigenvalue weighted by atomic mass is 16.5. The van der Waals surface area contributed by atoms with E-state index in [0.29, 0.717) is 25.4 Å². The second-order valence-corrected chi connectivity index (χ2v) is 5.50. The second kappa shape index (κ2) is 4.79. The molecule has 0 radical (unpaired) electrons. The molecule has 2 unspecified atom stereocenters. The van der Waals surface area contributed by atoms with Gasteiger partial charge in [0.2, 0.25) is 0 Å². The molecule has 1 aromatic rings. The first-order chi connectivity index (χ1) is 8.01. The highest BCUT2D eigenvalue weighted by Crippen LogP contribution is 2.36.